The fraction of sp³-hybridized carbons (Fsp3) is 0.308. The van der Waals surface area contributed by atoms with Crippen LogP contribution in [0.4, 0.5) is 11.8 Å². The Kier molecular flexibility index (Phi) is 6.58. The van der Waals surface area contributed by atoms with Crippen molar-refractivity contribution in [1.29, 1.82) is 0 Å². The largest absolute Gasteiger partial charge is 0.492 e. The predicted octanol–water partition coefficient (Wildman–Crippen LogP) is 3.74. The van der Waals surface area contributed by atoms with E-state index in [0.29, 0.717) is 12.6 Å². The van der Waals surface area contributed by atoms with E-state index in [1.54, 1.807) is 12.4 Å². The number of H-pyrrole nitrogens is 1. The third-order valence-electron chi connectivity index (χ3n) is 6.13. The van der Waals surface area contributed by atoms with Crippen molar-refractivity contribution in [3.05, 3.63) is 60.0 Å². The van der Waals surface area contributed by atoms with Crippen LogP contribution >= 0.6 is 0 Å². The van der Waals surface area contributed by atoms with Gasteiger partial charge in [0.2, 0.25) is 12.4 Å². The van der Waals surface area contributed by atoms with Crippen molar-refractivity contribution in [2.45, 2.75) is 20.4 Å². The molecule has 4 aromatic rings. The number of carbonyl (C=O) groups excluding carboxylic acids is 1. The Morgan fingerprint density at radius 2 is 1.97 bits per heavy atom. The maximum Gasteiger partial charge on any atom is 0.209 e. The Labute approximate surface area is 204 Å². The number of anilines is 2. The van der Waals surface area contributed by atoms with E-state index in [1.807, 2.05) is 49.1 Å². The number of pyridine rings is 2. The SMILES string of the molecule is CCOc1cnc(C)cc1-c1ccc2nc(Nc3cc(CN4CCN(C=O)CC4)ccn3)[nH]c2c1. The topological polar surface area (TPSA) is 99.3 Å². The monoisotopic (exact) mass is 471 g/mol. The standard InChI is InChI=1S/C26H29N7O2/c1-3-35-24-15-28-18(2)12-21(24)20-4-5-22-23(14-20)30-26(29-22)31-25-13-19(6-7-27-25)16-32-8-10-33(17-34)11-9-32/h4-7,12-15,17H,3,8-11,16H2,1-2H3,(H2,27,29,30,31). The van der Waals surface area contributed by atoms with Crippen molar-refractivity contribution < 1.29 is 9.53 Å². The number of piperazine rings is 1. The molecular formula is C26H29N7O2. The molecule has 0 spiro atoms. The summed E-state index contributed by atoms with van der Waals surface area (Å²) in [5, 5.41) is 3.30. The molecule has 1 amide bonds. The molecule has 1 aliphatic rings. The van der Waals surface area contributed by atoms with E-state index in [1.165, 1.54) is 0 Å². The van der Waals surface area contributed by atoms with E-state index in [-0.39, 0.29) is 0 Å². The molecule has 9 heteroatoms. The first-order chi connectivity index (χ1) is 17.1. The van der Waals surface area contributed by atoms with E-state index in [0.717, 1.165) is 84.1 Å². The first-order valence-corrected chi connectivity index (χ1v) is 11.8. The zero-order valence-corrected chi connectivity index (χ0v) is 20.0. The molecule has 1 saturated heterocycles. The molecule has 3 aromatic heterocycles. The number of benzene rings is 1. The van der Waals surface area contributed by atoms with Crippen LogP contribution in [-0.2, 0) is 11.3 Å². The van der Waals surface area contributed by atoms with E-state index < -0.39 is 0 Å². The summed E-state index contributed by atoms with van der Waals surface area (Å²) in [4.78, 5) is 32.0. The Morgan fingerprint density at radius 1 is 1.11 bits per heavy atom. The highest BCUT2D eigenvalue weighted by atomic mass is 16.5. The summed E-state index contributed by atoms with van der Waals surface area (Å²) in [6, 6.07) is 12.2. The fourth-order valence-corrected chi connectivity index (χ4v) is 4.33. The smallest absolute Gasteiger partial charge is 0.209 e. The van der Waals surface area contributed by atoms with Crippen LogP contribution in [-0.4, -0.2) is 68.9 Å². The molecule has 0 atom stereocenters. The third-order valence-corrected chi connectivity index (χ3v) is 6.13. The number of nitrogens with one attached hydrogen (secondary N) is 2. The molecule has 0 bridgehead atoms. The van der Waals surface area contributed by atoms with Crippen molar-refractivity contribution in [2.75, 3.05) is 38.1 Å². The lowest BCUT2D eigenvalue weighted by Gasteiger charge is -2.32. The van der Waals surface area contributed by atoms with Gasteiger partial charge in [-0.2, -0.15) is 0 Å². The van der Waals surface area contributed by atoms with E-state index >= 15 is 0 Å². The van der Waals surface area contributed by atoms with Crippen LogP contribution in [0.25, 0.3) is 22.2 Å². The van der Waals surface area contributed by atoms with Crippen molar-refractivity contribution in [2.24, 2.45) is 0 Å². The summed E-state index contributed by atoms with van der Waals surface area (Å²) >= 11 is 0. The molecule has 1 aromatic carbocycles. The summed E-state index contributed by atoms with van der Waals surface area (Å²) < 4.78 is 5.79. The Morgan fingerprint density at radius 3 is 2.77 bits per heavy atom. The average Bonchev–Trinajstić information content (AvgIpc) is 3.27. The second kappa shape index (κ2) is 10.1. The predicted molar refractivity (Wildman–Crippen MR) is 136 cm³/mol. The van der Waals surface area contributed by atoms with Gasteiger partial charge in [0.15, 0.2) is 0 Å². The molecule has 0 unspecified atom stereocenters. The first-order valence-electron chi connectivity index (χ1n) is 11.8. The zero-order valence-electron chi connectivity index (χ0n) is 20.0. The number of hydrogen-bond donors (Lipinski definition) is 2. The van der Waals surface area contributed by atoms with Gasteiger partial charge in [-0.3, -0.25) is 14.7 Å². The van der Waals surface area contributed by atoms with Gasteiger partial charge >= 0.3 is 0 Å². The number of aryl methyl sites for hydroxylation is 1. The molecule has 9 nitrogen and oxygen atoms in total. The van der Waals surface area contributed by atoms with Crippen LogP contribution < -0.4 is 10.1 Å². The van der Waals surface area contributed by atoms with Gasteiger partial charge in [-0.25, -0.2) is 9.97 Å². The van der Waals surface area contributed by atoms with Crippen LogP contribution in [0, 0.1) is 6.92 Å². The number of fused-ring (bicyclic) bond motifs is 1. The number of aromatic nitrogens is 4. The second-order valence-corrected chi connectivity index (χ2v) is 8.66. The minimum atomic E-state index is 0.582. The summed E-state index contributed by atoms with van der Waals surface area (Å²) in [6.07, 6.45) is 4.51. The molecule has 0 aliphatic carbocycles. The number of ether oxygens (including phenoxy) is 1. The quantitative estimate of drug-likeness (QED) is 0.378. The zero-order chi connectivity index (χ0) is 24.2. The molecule has 1 fully saturated rings. The highest BCUT2D eigenvalue weighted by molar-refractivity contribution is 5.85. The fourth-order valence-electron chi connectivity index (χ4n) is 4.33. The maximum atomic E-state index is 10.9. The molecule has 2 N–H and O–H groups in total. The van der Waals surface area contributed by atoms with Gasteiger partial charge in [0.1, 0.15) is 11.6 Å². The maximum absolute atomic E-state index is 10.9. The average molecular weight is 472 g/mol. The first kappa shape index (κ1) is 22.8. The highest BCUT2D eigenvalue weighted by Crippen LogP contribution is 2.32. The summed E-state index contributed by atoms with van der Waals surface area (Å²) in [7, 11) is 0. The number of imidazole rings is 1. The number of amides is 1. The van der Waals surface area contributed by atoms with Crippen LogP contribution in [0.15, 0.2) is 48.8 Å². The summed E-state index contributed by atoms with van der Waals surface area (Å²) in [5.74, 6) is 2.14. The Balaban J connectivity index is 1.32. The van der Waals surface area contributed by atoms with E-state index in [4.69, 9.17) is 4.74 Å². The lowest BCUT2D eigenvalue weighted by molar-refractivity contribution is -0.119. The molecule has 1 aliphatic heterocycles. The summed E-state index contributed by atoms with van der Waals surface area (Å²) in [6.45, 7) is 8.63. The number of rotatable bonds is 8. The van der Waals surface area contributed by atoms with Gasteiger partial charge in [-0.1, -0.05) is 6.07 Å². The lowest BCUT2D eigenvalue weighted by atomic mass is 10.0. The van der Waals surface area contributed by atoms with E-state index in [2.05, 4.69) is 36.2 Å². The molecule has 4 heterocycles. The number of aromatic amines is 1. The van der Waals surface area contributed by atoms with Crippen molar-refractivity contribution in [1.82, 2.24) is 29.7 Å². The minimum absolute atomic E-state index is 0.582. The molecule has 0 saturated carbocycles. The van der Waals surface area contributed by atoms with Gasteiger partial charge in [0.25, 0.3) is 0 Å². The van der Waals surface area contributed by atoms with Crippen molar-refractivity contribution in [3.8, 4) is 16.9 Å². The normalized spacial score (nSPS) is 14.3. The van der Waals surface area contributed by atoms with Crippen LogP contribution in [0.3, 0.4) is 0 Å². The van der Waals surface area contributed by atoms with Gasteiger partial charge < -0.3 is 19.9 Å². The van der Waals surface area contributed by atoms with Crippen LogP contribution in [0.5, 0.6) is 5.75 Å². The van der Waals surface area contributed by atoms with Gasteiger partial charge in [-0.05, 0) is 55.3 Å². The molecule has 0 radical (unpaired) electrons. The van der Waals surface area contributed by atoms with Gasteiger partial charge in [0, 0.05) is 50.2 Å². The van der Waals surface area contributed by atoms with Crippen molar-refractivity contribution in [3.63, 3.8) is 0 Å². The lowest BCUT2D eigenvalue weighted by Crippen LogP contribution is -2.45. The highest BCUT2D eigenvalue weighted by Gasteiger charge is 2.16. The molecule has 5 rings (SSSR count). The van der Waals surface area contributed by atoms with Crippen LogP contribution in [0.2, 0.25) is 0 Å². The van der Waals surface area contributed by atoms with Gasteiger partial charge in [0.05, 0.1) is 23.8 Å². The van der Waals surface area contributed by atoms with Crippen LogP contribution in [0.1, 0.15) is 18.2 Å². The molecule has 180 valence electrons. The third kappa shape index (κ3) is 5.25. The second-order valence-electron chi connectivity index (χ2n) is 8.66. The Hall–Kier alpha value is -3.98. The molecular weight excluding hydrogens is 442 g/mol. The van der Waals surface area contributed by atoms with Crippen molar-refractivity contribution >= 4 is 29.2 Å². The summed E-state index contributed by atoms with van der Waals surface area (Å²) in [5.41, 5.74) is 5.93. The minimum Gasteiger partial charge on any atom is -0.492 e. The number of hydrogen-bond acceptors (Lipinski definition) is 7. The van der Waals surface area contributed by atoms with E-state index in [9.17, 15) is 4.79 Å². The van der Waals surface area contributed by atoms with Gasteiger partial charge in [-0.15, -0.1) is 0 Å². The number of nitrogens with zero attached hydrogens (tertiary/aromatic N) is 5. The molecule has 35 heavy (non-hydrogen) atoms. The Bertz CT molecular complexity index is 1330. The number of carbonyl (C=O) groups is 1.